The molecule has 0 fully saturated rings. The fourth-order valence-corrected chi connectivity index (χ4v) is 2.35. The number of H-pyrrole nitrogens is 1. The summed E-state index contributed by atoms with van der Waals surface area (Å²) in [5.41, 5.74) is 1.78. The van der Waals surface area contributed by atoms with Gasteiger partial charge in [-0.05, 0) is 54.2 Å². The maximum Gasteiger partial charge on any atom is 0.216 e. The van der Waals surface area contributed by atoms with Gasteiger partial charge < -0.3 is 9.47 Å². The van der Waals surface area contributed by atoms with Crippen molar-refractivity contribution >= 4 is 18.4 Å². The minimum absolute atomic E-state index is 0.417. The number of benzene rings is 2. The Labute approximate surface area is 144 Å². The fourth-order valence-electron chi connectivity index (χ4n) is 2.17. The van der Waals surface area contributed by atoms with Crippen molar-refractivity contribution in [3.8, 4) is 22.9 Å². The van der Waals surface area contributed by atoms with Gasteiger partial charge in [-0.15, -0.1) is 0 Å². The van der Waals surface area contributed by atoms with E-state index in [2.05, 4.69) is 15.3 Å². The first kappa shape index (κ1) is 15.9. The molecule has 0 amide bonds. The Balaban J connectivity index is 1.94. The number of rotatable bonds is 5. The zero-order chi connectivity index (χ0) is 16.9. The van der Waals surface area contributed by atoms with Crippen LogP contribution in [0.25, 0.3) is 11.4 Å². The molecule has 0 saturated heterocycles. The van der Waals surface area contributed by atoms with Gasteiger partial charge >= 0.3 is 0 Å². The summed E-state index contributed by atoms with van der Waals surface area (Å²) >= 11 is 5.27. The molecule has 0 aliphatic heterocycles. The molecular weight excluding hydrogens is 324 g/mol. The van der Waals surface area contributed by atoms with E-state index in [1.54, 1.807) is 25.1 Å². The van der Waals surface area contributed by atoms with Gasteiger partial charge in [-0.25, -0.2) is 5.10 Å². The summed E-state index contributed by atoms with van der Waals surface area (Å²) in [6.45, 7) is 0. The van der Waals surface area contributed by atoms with Crippen LogP contribution in [-0.2, 0) is 0 Å². The minimum Gasteiger partial charge on any atom is -0.497 e. The first-order chi connectivity index (χ1) is 11.7. The van der Waals surface area contributed by atoms with Crippen LogP contribution in [0, 0.1) is 4.77 Å². The molecule has 122 valence electrons. The first-order valence-electron chi connectivity index (χ1n) is 7.21. The van der Waals surface area contributed by atoms with E-state index >= 15 is 0 Å². The molecule has 1 N–H and O–H groups in total. The van der Waals surface area contributed by atoms with Crippen LogP contribution in [0.2, 0.25) is 0 Å². The van der Waals surface area contributed by atoms with E-state index in [4.69, 9.17) is 21.7 Å². The predicted molar refractivity (Wildman–Crippen MR) is 95.4 cm³/mol. The Hall–Kier alpha value is -2.93. The molecule has 1 aromatic heterocycles. The number of ether oxygens (including phenoxy) is 2. The van der Waals surface area contributed by atoms with E-state index in [1.807, 2.05) is 48.5 Å². The second-order valence-electron chi connectivity index (χ2n) is 4.91. The Kier molecular flexibility index (Phi) is 4.72. The largest absolute Gasteiger partial charge is 0.497 e. The highest BCUT2D eigenvalue weighted by molar-refractivity contribution is 7.71. The van der Waals surface area contributed by atoms with Crippen LogP contribution < -0.4 is 9.47 Å². The second kappa shape index (κ2) is 7.10. The van der Waals surface area contributed by atoms with Crippen LogP contribution in [0.3, 0.4) is 0 Å². The molecule has 24 heavy (non-hydrogen) atoms. The quantitative estimate of drug-likeness (QED) is 0.570. The summed E-state index contributed by atoms with van der Waals surface area (Å²) in [5, 5.41) is 11.5. The second-order valence-corrected chi connectivity index (χ2v) is 5.30. The Morgan fingerprint density at radius 2 is 1.83 bits per heavy atom. The summed E-state index contributed by atoms with van der Waals surface area (Å²) in [6.07, 6.45) is 1.71. The van der Waals surface area contributed by atoms with Crippen molar-refractivity contribution in [2.75, 3.05) is 14.2 Å². The van der Waals surface area contributed by atoms with E-state index in [-0.39, 0.29) is 0 Å². The van der Waals surface area contributed by atoms with Gasteiger partial charge in [0.05, 0.1) is 20.4 Å². The van der Waals surface area contributed by atoms with Gasteiger partial charge in [-0.3, -0.25) is 0 Å². The molecule has 0 aliphatic rings. The van der Waals surface area contributed by atoms with Crippen LogP contribution in [0.5, 0.6) is 11.5 Å². The highest BCUT2D eigenvalue weighted by Crippen LogP contribution is 2.21. The molecule has 3 aromatic rings. The number of aromatic amines is 1. The van der Waals surface area contributed by atoms with Gasteiger partial charge in [0.15, 0.2) is 5.82 Å². The van der Waals surface area contributed by atoms with Crippen molar-refractivity contribution < 1.29 is 9.47 Å². The summed E-state index contributed by atoms with van der Waals surface area (Å²) in [6, 6.07) is 15.1. The molecule has 2 aromatic carbocycles. The van der Waals surface area contributed by atoms with Crippen LogP contribution in [0.15, 0.2) is 53.6 Å². The molecule has 3 rings (SSSR count). The van der Waals surface area contributed by atoms with Gasteiger partial charge in [0.25, 0.3) is 0 Å². The number of nitrogens with zero attached hydrogens (tertiary/aromatic N) is 3. The van der Waals surface area contributed by atoms with Crippen molar-refractivity contribution in [1.29, 1.82) is 0 Å². The third kappa shape index (κ3) is 3.36. The standard InChI is InChI=1S/C17H16N4O2S/c1-22-14-8-6-13(7-9-14)16-19-20-17(24)21(16)18-11-12-4-3-5-15(10-12)23-2/h3-11H,1-2H3,(H,20,24)/b18-11+. The molecular formula is C17H16N4O2S. The highest BCUT2D eigenvalue weighted by atomic mass is 32.1. The van der Waals surface area contributed by atoms with Crippen molar-refractivity contribution in [3.63, 3.8) is 0 Å². The Morgan fingerprint density at radius 1 is 1.08 bits per heavy atom. The van der Waals surface area contributed by atoms with E-state index in [0.29, 0.717) is 10.6 Å². The van der Waals surface area contributed by atoms with E-state index in [1.165, 1.54) is 0 Å². The maximum absolute atomic E-state index is 5.27. The third-order valence-corrected chi connectivity index (χ3v) is 3.68. The average Bonchev–Trinajstić information content (AvgIpc) is 3.01. The average molecular weight is 340 g/mol. The molecule has 0 saturated carbocycles. The van der Waals surface area contributed by atoms with E-state index in [9.17, 15) is 0 Å². The van der Waals surface area contributed by atoms with Crippen molar-refractivity contribution in [2.24, 2.45) is 5.10 Å². The summed E-state index contributed by atoms with van der Waals surface area (Å²) < 4.78 is 12.4. The number of hydrogen-bond acceptors (Lipinski definition) is 5. The van der Waals surface area contributed by atoms with Gasteiger partial charge in [0.2, 0.25) is 4.77 Å². The zero-order valence-corrected chi connectivity index (χ0v) is 14.1. The van der Waals surface area contributed by atoms with Crippen LogP contribution >= 0.6 is 12.2 Å². The summed E-state index contributed by atoms with van der Waals surface area (Å²) in [5.74, 6) is 2.17. The SMILES string of the molecule is COc1ccc(-c2n[nH]c(=S)n2/N=C/c2cccc(OC)c2)cc1. The number of hydrogen-bond donors (Lipinski definition) is 1. The van der Waals surface area contributed by atoms with Crippen LogP contribution in [0.1, 0.15) is 5.56 Å². The van der Waals surface area contributed by atoms with Crippen LogP contribution in [-0.4, -0.2) is 35.3 Å². The topological polar surface area (TPSA) is 64.4 Å². The number of aromatic nitrogens is 3. The fraction of sp³-hybridized carbons (Fsp3) is 0.118. The maximum atomic E-state index is 5.27. The molecule has 1 heterocycles. The molecule has 0 radical (unpaired) electrons. The number of nitrogens with one attached hydrogen (secondary N) is 1. The smallest absolute Gasteiger partial charge is 0.216 e. The molecule has 7 heteroatoms. The Bertz CT molecular complexity index is 913. The monoisotopic (exact) mass is 340 g/mol. The van der Waals surface area contributed by atoms with E-state index < -0.39 is 0 Å². The zero-order valence-electron chi connectivity index (χ0n) is 13.3. The van der Waals surface area contributed by atoms with Gasteiger partial charge in [0.1, 0.15) is 11.5 Å². The molecule has 0 unspecified atom stereocenters. The summed E-state index contributed by atoms with van der Waals surface area (Å²) in [7, 11) is 3.26. The third-order valence-electron chi connectivity index (χ3n) is 3.41. The summed E-state index contributed by atoms with van der Waals surface area (Å²) in [4.78, 5) is 0. The lowest BCUT2D eigenvalue weighted by molar-refractivity contribution is 0.414. The predicted octanol–water partition coefficient (Wildman–Crippen LogP) is 3.51. The molecule has 0 spiro atoms. The lowest BCUT2D eigenvalue weighted by atomic mass is 10.2. The van der Waals surface area contributed by atoms with Crippen molar-refractivity contribution in [2.45, 2.75) is 0 Å². The van der Waals surface area contributed by atoms with E-state index in [0.717, 1.165) is 22.6 Å². The molecule has 6 nitrogen and oxygen atoms in total. The Morgan fingerprint density at radius 3 is 2.54 bits per heavy atom. The first-order valence-corrected chi connectivity index (χ1v) is 7.62. The van der Waals surface area contributed by atoms with Crippen LogP contribution in [0.4, 0.5) is 0 Å². The lowest BCUT2D eigenvalue weighted by Crippen LogP contribution is -1.95. The van der Waals surface area contributed by atoms with Crippen molar-refractivity contribution in [3.05, 3.63) is 58.9 Å². The molecule has 0 bridgehead atoms. The normalized spacial score (nSPS) is 10.9. The lowest BCUT2D eigenvalue weighted by Gasteiger charge is -2.03. The molecule has 0 aliphatic carbocycles. The number of methoxy groups -OCH3 is 2. The van der Waals surface area contributed by atoms with Gasteiger partial charge in [-0.2, -0.15) is 14.9 Å². The highest BCUT2D eigenvalue weighted by Gasteiger charge is 2.08. The van der Waals surface area contributed by atoms with Gasteiger partial charge in [0, 0.05) is 5.56 Å². The van der Waals surface area contributed by atoms with Crippen molar-refractivity contribution in [1.82, 2.24) is 14.9 Å². The van der Waals surface area contributed by atoms with Gasteiger partial charge in [-0.1, -0.05) is 12.1 Å². The molecule has 0 atom stereocenters. The minimum atomic E-state index is 0.417.